The maximum absolute atomic E-state index is 5.92. The molecule has 0 saturated heterocycles. The van der Waals surface area contributed by atoms with E-state index in [9.17, 15) is 0 Å². The second-order valence-electron chi connectivity index (χ2n) is 4.11. The van der Waals surface area contributed by atoms with Crippen LogP contribution in [0.2, 0.25) is 0 Å². The standard InChI is InChI=1S/C10H18N4/c11-9-2-1-3-10(4-9)12-5-8-6-13-14-7-8/h6-7,9-10,12H,1-5,11H2,(H,13,14). The molecule has 0 radical (unpaired) electrons. The van der Waals surface area contributed by atoms with Crippen molar-refractivity contribution in [3.63, 3.8) is 0 Å². The van der Waals surface area contributed by atoms with Crippen LogP contribution in [0.1, 0.15) is 31.2 Å². The minimum atomic E-state index is 0.394. The van der Waals surface area contributed by atoms with Gasteiger partial charge in [-0.15, -0.1) is 0 Å². The number of nitrogens with zero attached hydrogens (tertiary/aromatic N) is 1. The smallest absolute Gasteiger partial charge is 0.0532 e. The Hall–Kier alpha value is -0.870. The summed E-state index contributed by atoms with van der Waals surface area (Å²) in [5.74, 6) is 0. The fraction of sp³-hybridized carbons (Fsp3) is 0.700. The van der Waals surface area contributed by atoms with E-state index in [0.717, 1.165) is 13.0 Å². The molecule has 0 bridgehead atoms. The molecular weight excluding hydrogens is 176 g/mol. The van der Waals surface area contributed by atoms with Gasteiger partial charge in [0.2, 0.25) is 0 Å². The Balaban J connectivity index is 1.75. The van der Waals surface area contributed by atoms with E-state index in [1.807, 2.05) is 12.4 Å². The summed E-state index contributed by atoms with van der Waals surface area (Å²) in [6.45, 7) is 0.897. The summed E-state index contributed by atoms with van der Waals surface area (Å²) in [7, 11) is 0. The molecule has 2 unspecified atom stereocenters. The summed E-state index contributed by atoms with van der Waals surface area (Å²) < 4.78 is 0. The minimum absolute atomic E-state index is 0.394. The van der Waals surface area contributed by atoms with Gasteiger partial charge in [0.05, 0.1) is 6.20 Å². The lowest BCUT2D eigenvalue weighted by molar-refractivity contribution is 0.338. The van der Waals surface area contributed by atoms with E-state index in [-0.39, 0.29) is 0 Å². The van der Waals surface area contributed by atoms with E-state index in [1.54, 1.807) is 0 Å². The van der Waals surface area contributed by atoms with Crippen LogP contribution in [0, 0.1) is 0 Å². The van der Waals surface area contributed by atoms with Crippen LogP contribution in [-0.2, 0) is 6.54 Å². The van der Waals surface area contributed by atoms with Crippen LogP contribution >= 0.6 is 0 Å². The first-order valence-corrected chi connectivity index (χ1v) is 5.31. The number of H-pyrrole nitrogens is 1. The number of hydrogen-bond acceptors (Lipinski definition) is 3. The molecule has 4 nitrogen and oxygen atoms in total. The Kier molecular flexibility index (Phi) is 3.16. The average Bonchev–Trinajstić information content (AvgIpc) is 2.67. The number of rotatable bonds is 3. The Labute approximate surface area is 84.3 Å². The van der Waals surface area contributed by atoms with Gasteiger partial charge in [-0.3, -0.25) is 5.10 Å². The number of hydrogen-bond donors (Lipinski definition) is 3. The van der Waals surface area contributed by atoms with Gasteiger partial charge in [0, 0.05) is 30.4 Å². The van der Waals surface area contributed by atoms with Gasteiger partial charge in [-0.2, -0.15) is 5.10 Å². The average molecular weight is 194 g/mol. The molecule has 1 heterocycles. The van der Waals surface area contributed by atoms with Crippen LogP contribution in [-0.4, -0.2) is 22.3 Å². The number of nitrogens with two attached hydrogens (primary N) is 1. The summed E-state index contributed by atoms with van der Waals surface area (Å²) in [5.41, 5.74) is 7.13. The maximum Gasteiger partial charge on any atom is 0.0532 e. The summed E-state index contributed by atoms with van der Waals surface area (Å²) in [5, 5.41) is 10.2. The van der Waals surface area contributed by atoms with Crippen LogP contribution in [0.5, 0.6) is 0 Å². The van der Waals surface area contributed by atoms with E-state index >= 15 is 0 Å². The Morgan fingerprint density at radius 3 is 3.21 bits per heavy atom. The first-order valence-electron chi connectivity index (χ1n) is 5.31. The molecule has 2 rings (SSSR count). The predicted molar refractivity (Wildman–Crippen MR) is 55.7 cm³/mol. The molecule has 1 aliphatic carbocycles. The van der Waals surface area contributed by atoms with Crippen LogP contribution in [0.3, 0.4) is 0 Å². The van der Waals surface area contributed by atoms with Crippen LogP contribution in [0.4, 0.5) is 0 Å². The molecule has 1 aromatic heterocycles. The van der Waals surface area contributed by atoms with Crippen molar-refractivity contribution in [1.29, 1.82) is 0 Å². The molecule has 1 aromatic rings. The van der Waals surface area contributed by atoms with Crippen LogP contribution in [0.15, 0.2) is 12.4 Å². The molecule has 0 aliphatic heterocycles. The maximum atomic E-state index is 5.92. The third kappa shape index (κ3) is 2.56. The highest BCUT2D eigenvalue weighted by atomic mass is 15.1. The third-order valence-electron chi connectivity index (χ3n) is 2.86. The lowest BCUT2D eigenvalue weighted by Gasteiger charge is -2.27. The van der Waals surface area contributed by atoms with Gasteiger partial charge in [-0.1, -0.05) is 6.42 Å². The summed E-state index contributed by atoms with van der Waals surface area (Å²) in [6, 6.07) is 0.985. The summed E-state index contributed by atoms with van der Waals surface area (Å²) in [4.78, 5) is 0. The molecule has 4 heteroatoms. The third-order valence-corrected chi connectivity index (χ3v) is 2.86. The molecule has 1 aliphatic rings. The molecule has 1 fully saturated rings. The molecular formula is C10H18N4. The number of nitrogens with one attached hydrogen (secondary N) is 2. The van der Waals surface area contributed by atoms with Crippen molar-refractivity contribution in [2.75, 3.05) is 0 Å². The van der Waals surface area contributed by atoms with Gasteiger partial charge in [0.15, 0.2) is 0 Å². The second-order valence-corrected chi connectivity index (χ2v) is 4.11. The van der Waals surface area contributed by atoms with E-state index in [2.05, 4.69) is 15.5 Å². The Morgan fingerprint density at radius 1 is 1.57 bits per heavy atom. The highest BCUT2D eigenvalue weighted by Crippen LogP contribution is 2.17. The Morgan fingerprint density at radius 2 is 2.50 bits per heavy atom. The SMILES string of the molecule is NC1CCCC(NCc2cn[nH]c2)C1. The lowest BCUT2D eigenvalue weighted by atomic mass is 9.91. The van der Waals surface area contributed by atoms with Crippen molar-refractivity contribution in [1.82, 2.24) is 15.5 Å². The normalized spacial score (nSPS) is 27.8. The predicted octanol–water partition coefficient (Wildman–Crippen LogP) is 0.769. The molecule has 0 amide bonds. The number of aromatic amines is 1. The molecule has 14 heavy (non-hydrogen) atoms. The van der Waals surface area contributed by atoms with Crippen molar-refractivity contribution in [2.24, 2.45) is 5.73 Å². The highest BCUT2D eigenvalue weighted by molar-refractivity contribution is 5.02. The Bertz CT molecular complexity index is 257. The van der Waals surface area contributed by atoms with E-state index < -0.39 is 0 Å². The molecule has 78 valence electrons. The largest absolute Gasteiger partial charge is 0.328 e. The minimum Gasteiger partial charge on any atom is -0.328 e. The van der Waals surface area contributed by atoms with Crippen molar-refractivity contribution in [3.8, 4) is 0 Å². The highest BCUT2D eigenvalue weighted by Gasteiger charge is 2.18. The van der Waals surface area contributed by atoms with E-state index in [4.69, 9.17) is 5.73 Å². The van der Waals surface area contributed by atoms with Crippen molar-refractivity contribution < 1.29 is 0 Å². The zero-order valence-electron chi connectivity index (χ0n) is 8.37. The molecule has 2 atom stereocenters. The van der Waals surface area contributed by atoms with Crippen LogP contribution < -0.4 is 11.1 Å². The van der Waals surface area contributed by atoms with Crippen molar-refractivity contribution in [3.05, 3.63) is 18.0 Å². The van der Waals surface area contributed by atoms with Gasteiger partial charge in [0.1, 0.15) is 0 Å². The van der Waals surface area contributed by atoms with E-state index in [0.29, 0.717) is 12.1 Å². The fourth-order valence-corrected chi connectivity index (χ4v) is 2.05. The molecule has 0 aromatic carbocycles. The monoisotopic (exact) mass is 194 g/mol. The lowest BCUT2D eigenvalue weighted by Crippen LogP contribution is -2.38. The first-order chi connectivity index (χ1) is 6.84. The van der Waals surface area contributed by atoms with Crippen molar-refractivity contribution in [2.45, 2.75) is 44.3 Å². The quantitative estimate of drug-likeness (QED) is 0.666. The van der Waals surface area contributed by atoms with Gasteiger partial charge in [-0.05, 0) is 19.3 Å². The molecule has 4 N–H and O–H groups in total. The zero-order valence-corrected chi connectivity index (χ0v) is 8.37. The number of aromatic nitrogens is 2. The van der Waals surface area contributed by atoms with Crippen molar-refractivity contribution >= 4 is 0 Å². The molecule has 0 spiro atoms. The zero-order chi connectivity index (χ0) is 9.80. The fourth-order valence-electron chi connectivity index (χ4n) is 2.05. The van der Waals surface area contributed by atoms with Crippen LogP contribution in [0.25, 0.3) is 0 Å². The first kappa shape index (κ1) is 9.68. The van der Waals surface area contributed by atoms with Gasteiger partial charge >= 0.3 is 0 Å². The topological polar surface area (TPSA) is 66.7 Å². The van der Waals surface area contributed by atoms with Gasteiger partial charge in [0.25, 0.3) is 0 Å². The summed E-state index contributed by atoms with van der Waals surface area (Å²) >= 11 is 0. The van der Waals surface area contributed by atoms with Gasteiger partial charge in [-0.25, -0.2) is 0 Å². The second kappa shape index (κ2) is 4.57. The molecule has 1 saturated carbocycles. The summed E-state index contributed by atoms with van der Waals surface area (Å²) in [6.07, 6.45) is 8.59. The van der Waals surface area contributed by atoms with E-state index in [1.165, 1.54) is 24.8 Å². The van der Waals surface area contributed by atoms with Gasteiger partial charge < -0.3 is 11.1 Å².